The summed E-state index contributed by atoms with van der Waals surface area (Å²) in [4.78, 5) is 11.2. The zero-order valence-corrected chi connectivity index (χ0v) is 11.0. The molecule has 0 aromatic heterocycles. The molecule has 1 aliphatic rings. The fourth-order valence-corrected chi connectivity index (χ4v) is 1.75. The lowest BCUT2D eigenvalue weighted by Crippen LogP contribution is -2.26. The predicted octanol–water partition coefficient (Wildman–Crippen LogP) is 3.35. The normalized spacial score (nSPS) is 23.6. The lowest BCUT2D eigenvalue weighted by Gasteiger charge is -2.20. The summed E-state index contributed by atoms with van der Waals surface area (Å²) in [7, 11) is 1.22. The van der Waals surface area contributed by atoms with E-state index < -0.39 is 21.5 Å². The maximum atomic E-state index is 13.6. The number of esters is 1. The number of alkyl halides is 3. The van der Waals surface area contributed by atoms with E-state index in [2.05, 4.69) is 4.74 Å². The second kappa shape index (κ2) is 5.38. The Morgan fingerprint density at radius 2 is 2.18 bits per heavy atom. The molecule has 17 heavy (non-hydrogen) atoms. The van der Waals surface area contributed by atoms with Crippen molar-refractivity contribution >= 4 is 46.5 Å². The summed E-state index contributed by atoms with van der Waals surface area (Å²) in [6.45, 7) is 0. The second-order valence-electron chi connectivity index (χ2n) is 3.40. The molecule has 0 aliphatic heterocycles. The van der Waals surface area contributed by atoms with Crippen molar-refractivity contribution in [1.82, 2.24) is 0 Å². The van der Waals surface area contributed by atoms with E-state index in [-0.39, 0.29) is 17.7 Å². The van der Waals surface area contributed by atoms with E-state index in [1.807, 2.05) is 0 Å². The molecule has 1 atom stereocenters. The summed E-state index contributed by atoms with van der Waals surface area (Å²) in [6.07, 6.45) is 2.59. The minimum absolute atomic E-state index is 0.00116. The molecule has 0 saturated heterocycles. The van der Waals surface area contributed by atoms with Gasteiger partial charge in [0.15, 0.2) is 5.83 Å². The fourth-order valence-electron chi connectivity index (χ4n) is 1.38. The molecular weight excluding hydrogens is 291 g/mol. The summed E-state index contributed by atoms with van der Waals surface area (Å²) in [5.74, 6) is -2.31. The van der Waals surface area contributed by atoms with Crippen LogP contribution in [0.2, 0.25) is 0 Å². The van der Waals surface area contributed by atoms with Gasteiger partial charge in [-0.05, 0) is 5.57 Å². The lowest BCUT2D eigenvalue weighted by molar-refractivity contribution is -0.141. The molecule has 0 heterocycles. The van der Waals surface area contributed by atoms with Crippen LogP contribution in [0.15, 0.2) is 23.6 Å². The van der Waals surface area contributed by atoms with Gasteiger partial charge in [-0.25, -0.2) is 4.39 Å². The number of allylic oxidation sites excluding steroid dienone is 3. The average molecular weight is 301 g/mol. The number of rotatable bonds is 1. The van der Waals surface area contributed by atoms with Gasteiger partial charge in [-0.1, -0.05) is 47.0 Å². The molecule has 0 fully saturated rings. The van der Waals surface area contributed by atoms with Crippen molar-refractivity contribution in [1.29, 1.82) is 5.41 Å². The van der Waals surface area contributed by atoms with Gasteiger partial charge in [0, 0.05) is 12.1 Å². The molecule has 0 aromatic carbocycles. The summed E-state index contributed by atoms with van der Waals surface area (Å²) < 4.78 is 15.9. The number of carbonyl (C=O) groups is 1. The molecule has 94 valence electrons. The summed E-state index contributed by atoms with van der Waals surface area (Å²) in [6, 6.07) is 0. The Hall–Kier alpha value is -0.580. The van der Waals surface area contributed by atoms with Gasteiger partial charge >= 0.3 is 5.97 Å². The van der Waals surface area contributed by atoms with E-state index in [1.165, 1.54) is 19.3 Å². The number of methoxy groups -OCH3 is 1. The first-order valence-corrected chi connectivity index (χ1v) is 5.70. The Labute approximate surface area is 113 Å². The Morgan fingerprint density at radius 3 is 2.59 bits per heavy atom. The van der Waals surface area contributed by atoms with Crippen LogP contribution < -0.4 is 0 Å². The predicted molar refractivity (Wildman–Crippen MR) is 65.4 cm³/mol. The molecule has 0 amide bonds. The van der Waals surface area contributed by atoms with Crippen molar-refractivity contribution in [3.05, 3.63) is 23.6 Å². The first-order chi connectivity index (χ1) is 7.77. The molecule has 0 spiro atoms. The monoisotopic (exact) mass is 299 g/mol. The van der Waals surface area contributed by atoms with E-state index in [9.17, 15) is 9.18 Å². The molecule has 0 saturated carbocycles. The van der Waals surface area contributed by atoms with Crippen LogP contribution in [-0.2, 0) is 9.53 Å². The van der Waals surface area contributed by atoms with Crippen molar-refractivity contribution in [2.45, 2.75) is 10.2 Å². The maximum absolute atomic E-state index is 13.6. The van der Waals surface area contributed by atoms with Crippen molar-refractivity contribution in [3.8, 4) is 0 Å². The largest absolute Gasteiger partial charge is 0.468 e. The van der Waals surface area contributed by atoms with Crippen molar-refractivity contribution < 1.29 is 13.9 Å². The molecule has 7 heteroatoms. The van der Waals surface area contributed by atoms with E-state index in [0.29, 0.717) is 0 Å². The maximum Gasteiger partial charge on any atom is 0.318 e. The average Bonchev–Trinajstić information content (AvgIpc) is 2.25. The van der Waals surface area contributed by atoms with Crippen LogP contribution in [0.1, 0.15) is 6.42 Å². The zero-order valence-electron chi connectivity index (χ0n) is 8.77. The van der Waals surface area contributed by atoms with Gasteiger partial charge in [0.25, 0.3) is 0 Å². The van der Waals surface area contributed by atoms with Crippen LogP contribution in [0, 0.1) is 11.3 Å². The minimum atomic E-state index is -2.15. The van der Waals surface area contributed by atoms with E-state index in [0.717, 1.165) is 0 Å². The van der Waals surface area contributed by atoms with Crippen LogP contribution >= 0.6 is 34.8 Å². The van der Waals surface area contributed by atoms with Gasteiger partial charge in [-0.2, -0.15) is 0 Å². The minimum Gasteiger partial charge on any atom is -0.468 e. The third kappa shape index (κ3) is 3.44. The summed E-state index contributed by atoms with van der Waals surface area (Å²) in [5.41, 5.74) is 0.0777. The molecule has 1 rings (SSSR count). The first-order valence-electron chi connectivity index (χ1n) is 4.56. The van der Waals surface area contributed by atoms with Crippen molar-refractivity contribution in [2.75, 3.05) is 7.11 Å². The second-order valence-corrected chi connectivity index (χ2v) is 5.68. The third-order valence-electron chi connectivity index (χ3n) is 2.23. The van der Waals surface area contributed by atoms with E-state index >= 15 is 0 Å². The van der Waals surface area contributed by atoms with Gasteiger partial charge in [0.05, 0.1) is 7.11 Å². The smallest absolute Gasteiger partial charge is 0.318 e. The highest BCUT2D eigenvalue weighted by Crippen LogP contribution is 2.39. The van der Waals surface area contributed by atoms with Gasteiger partial charge in [0.2, 0.25) is 3.79 Å². The number of nitrogens with one attached hydrogen (secondary N) is 1. The number of halogens is 4. The van der Waals surface area contributed by atoms with Crippen LogP contribution in [0.25, 0.3) is 0 Å². The highest BCUT2D eigenvalue weighted by molar-refractivity contribution is 6.69. The quantitative estimate of drug-likeness (QED) is 0.596. The number of ether oxygens (including phenoxy) is 1. The lowest BCUT2D eigenvalue weighted by atomic mass is 9.90. The topological polar surface area (TPSA) is 50.2 Å². The molecule has 0 aromatic rings. The third-order valence-corrected chi connectivity index (χ3v) is 2.73. The summed E-state index contributed by atoms with van der Waals surface area (Å²) >= 11 is 16.2. The van der Waals surface area contributed by atoms with E-state index in [4.69, 9.17) is 40.2 Å². The van der Waals surface area contributed by atoms with Crippen molar-refractivity contribution in [2.24, 2.45) is 5.92 Å². The van der Waals surface area contributed by atoms with Crippen LogP contribution in [-0.4, -0.2) is 22.6 Å². The van der Waals surface area contributed by atoms with Crippen LogP contribution in [0.5, 0.6) is 0 Å². The van der Waals surface area contributed by atoms with E-state index in [1.54, 1.807) is 0 Å². The van der Waals surface area contributed by atoms with Crippen LogP contribution in [0.4, 0.5) is 4.39 Å². The first kappa shape index (κ1) is 14.5. The molecule has 0 bridgehead atoms. The van der Waals surface area contributed by atoms with Gasteiger partial charge < -0.3 is 10.1 Å². The molecule has 1 N–H and O–H groups in total. The fraction of sp³-hybridized carbons (Fsp3) is 0.400. The molecule has 0 radical (unpaired) electrons. The Morgan fingerprint density at radius 1 is 1.59 bits per heavy atom. The highest BCUT2D eigenvalue weighted by atomic mass is 35.6. The Kier molecular flexibility index (Phi) is 4.58. The SMILES string of the molecule is COC(=O)C1C=CC(=C(F)C(Cl)(Cl)Cl)CC1=N. The number of carbonyl (C=O) groups excluding carboxylic acids is 1. The van der Waals surface area contributed by atoms with Gasteiger partial charge in [0.1, 0.15) is 5.92 Å². The van der Waals surface area contributed by atoms with Crippen molar-refractivity contribution in [3.63, 3.8) is 0 Å². The Bertz CT molecular complexity index is 412. The molecular formula is C10H9Cl3FNO2. The van der Waals surface area contributed by atoms with Gasteiger partial charge in [-0.15, -0.1) is 0 Å². The van der Waals surface area contributed by atoms with Gasteiger partial charge in [-0.3, -0.25) is 4.79 Å². The summed E-state index contributed by atoms with van der Waals surface area (Å²) in [5, 5.41) is 7.63. The zero-order chi connectivity index (χ0) is 13.2. The molecule has 1 unspecified atom stereocenters. The molecule has 3 nitrogen and oxygen atoms in total. The number of hydrogen-bond donors (Lipinski definition) is 1. The Balaban J connectivity index is 3.02. The number of hydrogen-bond acceptors (Lipinski definition) is 3. The standard InChI is InChI=1S/C10H9Cl3FNO2/c1-17-9(16)6-3-2-5(4-7(6)15)8(14)10(11,12)13/h2-3,6,15H,4H2,1H3. The molecule has 1 aliphatic carbocycles. The van der Waals surface area contributed by atoms with Crippen LogP contribution in [0.3, 0.4) is 0 Å². The highest BCUT2D eigenvalue weighted by Gasteiger charge is 2.32.